The van der Waals surface area contributed by atoms with Crippen LogP contribution in [0, 0.1) is 11.8 Å². The first kappa shape index (κ1) is 21.7. The number of aromatic carboxylic acids is 1. The molecule has 4 heterocycles. The molecular formula is C24H23Cl2N5O3. The van der Waals surface area contributed by atoms with Gasteiger partial charge in [0.1, 0.15) is 16.6 Å². The molecular weight excluding hydrogens is 477 g/mol. The summed E-state index contributed by atoms with van der Waals surface area (Å²) in [6, 6.07) is 4.47. The fraction of sp³-hybridized carbons (Fsp3) is 0.417. The maximum Gasteiger partial charge on any atom is 0.356 e. The molecule has 0 spiro atoms. The lowest BCUT2D eigenvalue weighted by Crippen LogP contribution is -2.30. The van der Waals surface area contributed by atoms with E-state index in [2.05, 4.69) is 15.2 Å². The molecule has 176 valence electrons. The van der Waals surface area contributed by atoms with E-state index in [9.17, 15) is 14.7 Å². The summed E-state index contributed by atoms with van der Waals surface area (Å²) in [5.41, 5.74) is 2.08. The van der Waals surface area contributed by atoms with E-state index >= 15 is 0 Å². The molecule has 2 aliphatic carbocycles. The number of carboxylic acid groups (broad SMARTS) is 1. The summed E-state index contributed by atoms with van der Waals surface area (Å²) in [5.74, 6) is 1.29. The fourth-order valence-electron chi connectivity index (χ4n) is 5.12. The normalized spacial score (nSPS) is 22.0. The van der Waals surface area contributed by atoms with Gasteiger partial charge >= 0.3 is 5.97 Å². The van der Waals surface area contributed by atoms with Gasteiger partial charge in [-0.25, -0.2) is 14.8 Å². The number of rotatable bonds is 6. The smallest absolute Gasteiger partial charge is 0.356 e. The first-order valence-corrected chi connectivity index (χ1v) is 12.2. The van der Waals surface area contributed by atoms with Crippen molar-refractivity contribution in [1.82, 2.24) is 14.4 Å². The van der Waals surface area contributed by atoms with Crippen molar-refractivity contribution < 1.29 is 9.90 Å². The van der Waals surface area contributed by atoms with Crippen molar-refractivity contribution in [2.75, 3.05) is 23.3 Å². The molecule has 0 bridgehead atoms. The first-order valence-electron chi connectivity index (χ1n) is 11.5. The maximum absolute atomic E-state index is 13.7. The van der Waals surface area contributed by atoms with Crippen LogP contribution >= 0.6 is 23.2 Å². The van der Waals surface area contributed by atoms with Crippen molar-refractivity contribution in [3.63, 3.8) is 0 Å². The van der Waals surface area contributed by atoms with Gasteiger partial charge in [0.25, 0.3) is 5.56 Å². The lowest BCUT2D eigenvalue weighted by molar-refractivity contribution is 0.0691. The summed E-state index contributed by atoms with van der Waals surface area (Å²) in [6.45, 7) is 3.77. The summed E-state index contributed by atoms with van der Waals surface area (Å²) >= 11 is 12.3. The van der Waals surface area contributed by atoms with E-state index in [-0.39, 0.29) is 22.3 Å². The number of aromatic nitrogens is 3. The number of fused-ring (bicyclic) bond motifs is 2. The summed E-state index contributed by atoms with van der Waals surface area (Å²) in [6.07, 6.45) is 4.89. The second kappa shape index (κ2) is 7.85. The van der Waals surface area contributed by atoms with Gasteiger partial charge in [0, 0.05) is 24.8 Å². The van der Waals surface area contributed by atoms with Gasteiger partial charge < -0.3 is 15.3 Å². The van der Waals surface area contributed by atoms with Crippen LogP contribution in [0.15, 0.2) is 29.2 Å². The molecule has 1 saturated heterocycles. The van der Waals surface area contributed by atoms with E-state index in [1.54, 1.807) is 22.7 Å². The van der Waals surface area contributed by atoms with E-state index in [0.717, 1.165) is 37.3 Å². The Labute approximate surface area is 205 Å². The van der Waals surface area contributed by atoms with Crippen molar-refractivity contribution in [1.29, 1.82) is 0 Å². The van der Waals surface area contributed by atoms with Gasteiger partial charge in [-0.05, 0) is 62.1 Å². The maximum atomic E-state index is 13.7. The van der Waals surface area contributed by atoms with Gasteiger partial charge in [0.15, 0.2) is 5.69 Å². The highest BCUT2D eigenvalue weighted by Crippen LogP contribution is 2.49. The number of halogens is 2. The molecule has 2 saturated carbocycles. The van der Waals surface area contributed by atoms with Crippen LogP contribution in [0.3, 0.4) is 0 Å². The first-order chi connectivity index (χ1) is 16.3. The van der Waals surface area contributed by atoms with Crippen LogP contribution in [0.25, 0.3) is 5.65 Å². The summed E-state index contributed by atoms with van der Waals surface area (Å²) < 4.78 is 1.54. The third-order valence-corrected chi connectivity index (χ3v) is 7.52. The second-order valence-corrected chi connectivity index (χ2v) is 10.4. The minimum atomic E-state index is -1.19. The van der Waals surface area contributed by atoms with E-state index < -0.39 is 12.0 Å². The number of pyridine rings is 2. The molecule has 0 aromatic carbocycles. The SMILES string of the molecule is C[C@@H](Nc1ccc(Cl)nc1C(=O)O)c1cc(Cl)cn2c(=O)c(C3CC3)c(N3CC4CC4C3)nc12. The zero-order valence-corrected chi connectivity index (χ0v) is 20.0. The van der Waals surface area contributed by atoms with Crippen LogP contribution in [0.4, 0.5) is 11.5 Å². The fourth-order valence-corrected chi connectivity index (χ4v) is 5.48. The van der Waals surface area contributed by atoms with Crippen molar-refractivity contribution in [3.05, 3.63) is 61.7 Å². The quantitative estimate of drug-likeness (QED) is 0.477. The lowest BCUT2D eigenvalue weighted by Gasteiger charge is -2.24. The minimum Gasteiger partial charge on any atom is -0.476 e. The third-order valence-electron chi connectivity index (χ3n) is 7.10. The van der Waals surface area contributed by atoms with Gasteiger partial charge in [0.05, 0.1) is 22.3 Å². The number of hydrogen-bond donors (Lipinski definition) is 2. The second-order valence-electron chi connectivity index (χ2n) is 9.60. The predicted octanol–water partition coefficient (Wildman–Crippen LogP) is 4.60. The largest absolute Gasteiger partial charge is 0.476 e. The molecule has 10 heteroatoms. The number of nitrogens with zero attached hydrogens (tertiary/aromatic N) is 4. The van der Waals surface area contributed by atoms with Crippen molar-refractivity contribution >= 4 is 46.3 Å². The van der Waals surface area contributed by atoms with Gasteiger partial charge in [-0.3, -0.25) is 9.20 Å². The van der Waals surface area contributed by atoms with Gasteiger partial charge in [0.2, 0.25) is 0 Å². The molecule has 2 unspecified atom stereocenters. The average molecular weight is 500 g/mol. The van der Waals surface area contributed by atoms with Gasteiger partial charge in [-0.2, -0.15) is 0 Å². The number of nitrogens with one attached hydrogen (secondary N) is 1. The van der Waals surface area contributed by atoms with E-state index in [0.29, 0.717) is 33.8 Å². The van der Waals surface area contributed by atoms with E-state index in [1.165, 1.54) is 12.5 Å². The molecule has 3 aromatic heterocycles. The number of anilines is 2. The zero-order chi connectivity index (χ0) is 23.7. The third kappa shape index (κ3) is 3.69. The van der Waals surface area contributed by atoms with Crippen LogP contribution in [0.1, 0.15) is 59.8 Å². The van der Waals surface area contributed by atoms with E-state index in [1.807, 2.05) is 6.92 Å². The van der Waals surface area contributed by atoms with Crippen molar-refractivity contribution in [2.45, 2.75) is 38.1 Å². The molecule has 3 fully saturated rings. The molecule has 2 N–H and O–H groups in total. The minimum absolute atomic E-state index is 0.0709. The van der Waals surface area contributed by atoms with Crippen LogP contribution in [0.2, 0.25) is 10.2 Å². The molecule has 3 aromatic rings. The zero-order valence-electron chi connectivity index (χ0n) is 18.5. The summed E-state index contributed by atoms with van der Waals surface area (Å²) in [7, 11) is 0. The standard InChI is InChI=1S/C24H23Cl2N5O3/c1-11(27-17-4-5-18(26)28-20(17)24(33)34)16-7-15(25)10-31-21(16)29-22(19(23(31)32)12-2-3-12)30-8-13-6-14(13)9-30/h4-5,7,10-14,27H,2-3,6,8-9H2,1H3,(H,33,34)/t11-,13?,14?/m1/s1. The molecule has 0 radical (unpaired) electrons. The van der Waals surface area contributed by atoms with Crippen LogP contribution < -0.4 is 15.8 Å². The Morgan fingerprint density at radius 3 is 2.62 bits per heavy atom. The number of hydrogen-bond acceptors (Lipinski definition) is 6. The molecule has 3 atom stereocenters. The lowest BCUT2D eigenvalue weighted by atomic mass is 10.1. The van der Waals surface area contributed by atoms with Crippen LogP contribution in [-0.2, 0) is 0 Å². The summed E-state index contributed by atoms with van der Waals surface area (Å²) in [5, 5.41) is 13.3. The Hall–Kier alpha value is -2.84. The Morgan fingerprint density at radius 2 is 1.94 bits per heavy atom. The van der Waals surface area contributed by atoms with Crippen molar-refractivity contribution in [3.8, 4) is 0 Å². The topological polar surface area (TPSA) is 99.8 Å². The molecule has 1 aliphatic heterocycles. The highest BCUT2D eigenvalue weighted by Gasteiger charge is 2.47. The van der Waals surface area contributed by atoms with Crippen LogP contribution in [-0.4, -0.2) is 38.5 Å². The molecule has 34 heavy (non-hydrogen) atoms. The van der Waals surface area contributed by atoms with E-state index in [4.69, 9.17) is 28.2 Å². The summed E-state index contributed by atoms with van der Waals surface area (Å²) in [4.78, 5) is 36.6. The van der Waals surface area contributed by atoms with Gasteiger partial charge in [-0.15, -0.1) is 0 Å². The molecule has 6 rings (SSSR count). The average Bonchev–Trinajstić information content (AvgIpc) is 3.73. The Balaban J connectivity index is 1.47. The highest BCUT2D eigenvalue weighted by atomic mass is 35.5. The molecule has 8 nitrogen and oxygen atoms in total. The number of carbonyl (C=O) groups is 1. The number of piperidine rings is 1. The monoisotopic (exact) mass is 499 g/mol. The number of carboxylic acids is 1. The van der Waals surface area contributed by atoms with Gasteiger partial charge in [-0.1, -0.05) is 23.2 Å². The molecule has 0 amide bonds. The van der Waals surface area contributed by atoms with Crippen molar-refractivity contribution in [2.24, 2.45) is 11.8 Å². The Kier molecular flexibility index (Phi) is 5.00. The molecule has 3 aliphatic rings. The highest BCUT2D eigenvalue weighted by molar-refractivity contribution is 6.30. The van der Waals surface area contributed by atoms with Crippen LogP contribution in [0.5, 0.6) is 0 Å². The predicted molar refractivity (Wildman–Crippen MR) is 131 cm³/mol. The Morgan fingerprint density at radius 1 is 1.21 bits per heavy atom. The Bertz CT molecular complexity index is 1390.